The number of carbonyl (C=O) groups is 2. The van der Waals surface area contributed by atoms with Crippen molar-refractivity contribution in [3.8, 4) is 5.75 Å². The highest BCUT2D eigenvalue weighted by Gasteiger charge is 2.50. The highest BCUT2D eigenvalue weighted by atomic mass is 16.5. The van der Waals surface area contributed by atoms with Gasteiger partial charge in [-0.3, -0.25) is 4.79 Å². The first-order chi connectivity index (χ1) is 15.4. The zero-order chi connectivity index (χ0) is 22.8. The number of furan rings is 1. The number of hydrogen-bond acceptors (Lipinski definition) is 5. The lowest BCUT2D eigenvalue weighted by Gasteiger charge is -2.37. The van der Waals surface area contributed by atoms with Crippen LogP contribution in [-0.4, -0.2) is 23.9 Å². The molecule has 5 atom stereocenters. The van der Waals surface area contributed by atoms with Gasteiger partial charge in [0.15, 0.2) is 0 Å². The molecule has 2 aliphatic rings. The van der Waals surface area contributed by atoms with Gasteiger partial charge in [-0.05, 0) is 61.4 Å². The molecule has 1 saturated carbocycles. The van der Waals surface area contributed by atoms with Crippen LogP contribution in [-0.2, 0) is 16.1 Å². The molecule has 1 heterocycles. The van der Waals surface area contributed by atoms with Crippen molar-refractivity contribution in [1.29, 1.82) is 0 Å². The van der Waals surface area contributed by atoms with Crippen molar-refractivity contribution >= 4 is 11.9 Å². The summed E-state index contributed by atoms with van der Waals surface area (Å²) in [7, 11) is 1.61. The Morgan fingerprint density at radius 2 is 1.88 bits per heavy atom. The highest BCUT2D eigenvalue weighted by Crippen LogP contribution is 2.49. The van der Waals surface area contributed by atoms with Crippen LogP contribution in [0, 0.1) is 23.7 Å². The zero-order valence-electron chi connectivity index (χ0n) is 18.4. The third-order valence-electron chi connectivity index (χ3n) is 6.62. The van der Waals surface area contributed by atoms with Gasteiger partial charge in [-0.15, -0.1) is 6.58 Å². The summed E-state index contributed by atoms with van der Waals surface area (Å²) in [5, 5.41) is 12.0. The molecule has 0 N–H and O–H groups in total. The number of methoxy groups -OCH3 is 1. The van der Waals surface area contributed by atoms with E-state index < -0.39 is 17.8 Å². The SMILES string of the molecule is C=C(C)C[C@@H](c1ccc(OC)cc1)N(Cc1ccco1)C(=O)[C@@H]1[C@H](C(=O)[O-])[C@@H]2C=C[C@@H]1C2. The van der Waals surface area contributed by atoms with Crippen LogP contribution in [0.4, 0.5) is 0 Å². The smallest absolute Gasteiger partial charge is 0.227 e. The molecule has 4 rings (SSSR count). The fourth-order valence-corrected chi connectivity index (χ4v) is 5.15. The van der Waals surface area contributed by atoms with E-state index in [0.29, 0.717) is 18.6 Å². The Morgan fingerprint density at radius 3 is 2.44 bits per heavy atom. The number of ether oxygens (including phenoxy) is 1. The summed E-state index contributed by atoms with van der Waals surface area (Å²) in [6.45, 7) is 6.24. The maximum atomic E-state index is 14.0. The molecule has 0 saturated heterocycles. The highest BCUT2D eigenvalue weighted by molar-refractivity contribution is 5.86. The van der Waals surface area contributed by atoms with Gasteiger partial charge in [0, 0.05) is 11.9 Å². The molecule has 0 aliphatic heterocycles. The van der Waals surface area contributed by atoms with E-state index in [4.69, 9.17) is 9.15 Å². The molecule has 1 aromatic carbocycles. The summed E-state index contributed by atoms with van der Waals surface area (Å²) in [6, 6.07) is 10.9. The van der Waals surface area contributed by atoms with Crippen LogP contribution >= 0.6 is 0 Å². The van der Waals surface area contributed by atoms with E-state index in [1.165, 1.54) is 0 Å². The number of rotatable bonds is 9. The molecule has 0 unspecified atom stereocenters. The number of amides is 1. The Kier molecular flexibility index (Phi) is 6.21. The van der Waals surface area contributed by atoms with Crippen LogP contribution in [0.15, 0.2) is 71.4 Å². The van der Waals surface area contributed by atoms with E-state index >= 15 is 0 Å². The lowest BCUT2D eigenvalue weighted by Crippen LogP contribution is -2.47. The Morgan fingerprint density at radius 1 is 1.19 bits per heavy atom. The summed E-state index contributed by atoms with van der Waals surface area (Å²) in [6.07, 6.45) is 6.70. The first-order valence-electron chi connectivity index (χ1n) is 10.9. The maximum Gasteiger partial charge on any atom is 0.227 e. The number of fused-ring (bicyclic) bond motifs is 2. The largest absolute Gasteiger partial charge is 0.550 e. The second-order valence-corrected chi connectivity index (χ2v) is 8.81. The molecule has 6 nitrogen and oxygen atoms in total. The first kappa shape index (κ1) is 21.9. The Bertz CT molecular complexity index is 1010. The molecule has 168 valence electrons. The monoisotopic (exact) mass is 434 g/mol. The van der Waals surface area contributed by atoms with E-state index in [2.05, 4.69) is 6.58 Å². The molecule has 6 heteroatoms. The summed E-state index contributed by atoms with van der Waals surface area (Å²) < 4.78 is 10.8. The van der Waals surface area contributed by atoms with Crippen LogP contribution in [0.3, 0.4) is 0 Å². The predicted octanol–water partition coefficient (Wildman–Crippen LogP) is 3.51. The van der Waals surface area contributed by atoms with E-state index in [-0.39, 0.29) is 30.3 Å². The third-order valence-corrected chi connectivity index (χ3v) is 6.62. The van der Waals surface area contributed by atoms with Crippen molar-refractivity contribution in [2.45, 2.75) is 32.4 Å². The molecule has 2 aliphatic carbocycles. The molecule has 1 aromatic heterocycles. The minimum atomic E-state index is -1.15. The number of allylic oxidation sites excluding steroid dienone is 2. The molecule has 32 heavy (non-hydrogen) atoms. The van der Waals surface area contributed by atoms with Crippen LogP contribution < -0.4 is 9.84 Å². The Balaban J connectivity index is 1.73. The molecular formula is C26H28NO5-. The number of carboxylic acid groups (broad SMARTS) is 1. The normalized spacial score (nSPS) is 24.3. The number of aliphatic carboxylic acids is 1. The molecule has 2 bridgehead atoms. The van der Waals surface area contributed by atoms with Crippen molar-refractivity contribution in [3.63, 3.8) is 0 Å². The standard InChI is InChI=1S/C26H29NO5/c1-16(2)13-22(17-8-10-20(31-3)11-9-17)27(15-21-5-4-12-32-21)25(28)23-18-6-7-19(14-18)24(23)26(29)30/h4-12,18-19,22-24H,1,13-15H2,2-3H3,(H,29,30)/p-1/t18-,19-,22+,23+,24-/m1/s1. The van der Waals surface area contributed by atoms with Gasteiger partial charge in [-0.1, -0.05) is 29.9 Å². The van der Waals surface area contributed by atoms with Gasteiger partial charge < -0.3 is 24.0 Å². The molecule has 0 spiro atoms. The van der Waals surface area contributed by atoms with Crippen molar-refractivity contribution in [2.24, 2.45) is 23.7 Å². The van der Waals surface area contributed by atoms with Gasteiger partial charge in [0.25, 0.3) is 0 Å². The molecule has 2 aromatic rings. The van der Waals surface area contributed by atoms with E-state index in [1.807, 2.05) is 49.4 Å². The van der Waals surface area contributed by atoms with Crippen LogP contribution in [0.5, 0.6) is 5.75 Å². The summed E-state index contributed by atoms with van der Waals surface area (Å²) >= 11 is 0. The van der Waals surface area contributed by atoms with Gasteiger partial charge in [0.05, 0.1) is 31.9 Å². The number of carbonyl (C=O) groups excluding carboxylic acids is 2. The Labute approximate surface area is 188 Å². The minimum absolute atomic E-state index is 0.0872. The van der Waals surface area contributed by atoms with Gasteiger partial charge in [-0.2, -0.15) is 0 Å². The lowest BCUT2D eigenvalue weighted by molar-refractivity contribution is -0.313. The average Bonchev–Trinajstić information content (AvgIpc) is 3.53. The van der Waals surface area contributed by atoms with Crippen molar-refractivity contribution in [3.05, 3.63) is 78.3 Å². The second kappa shape index (κ2) is 9.07. The lowest BCUT2D eigenvalue weighted by atomic mass is 9.81. The third kappa shape index (κ3) is 4.22. The summed E-state index contributed by atoms with van der Waals surface area (Å²) in [5.41, 5.74) is 1.85. The van der Waals surface area contributed by atoms with Crippen LogP contribution in [0.2, 0.25) is 0 Å². The van der Waals surface area contributed by atoms with Gasteiger partial charge in [0.1, 0.15) is 11.5 Å². The minimum Gasteiger partial charge on any atom is -0.550 e. The molecule has 1 amide bonds. The topological polar surface area (TPSA) is 82.8 Å². The number of benzene rings is 1. The fraction of sp³-hybridized carbons (Fsp3) is 0.385. The first-order valence-corrected chi connectivity index (χ1v) is 10.9. The predicted molar refractivity (Wildman–Crippen MR) is 117 cm³/mol. The van der Waals surface area contributed by atoms with Gasteiger partial charge >= 0.3 is 0 Å². The summed E-state index contributed by atoms with van der Waals surface area (Å²) in [4.78, 5) is 27.7. The average molecular weight is 435 g/mol. The van der Waals surface area contributed by atoms with Crippen LogP contribution in [0.1, 0.15) is 37.1 Å². The molecule has 0 radical (unpaired) electrons. The summed E-state index contributed by atoms with van der Waals surface area (Å²) in [5.74, 6) is -1.66. The van der Waals surface area contributed by atoms with Gasteiger partial charge in [0.2, 0.25) is 5.91 Å². The number of carboxylic acids is 1. The fourth-order valence-electron chi connectivity index (χ4n) is 5.15. The maximum absolute atomic E-state index is 14.0. The van der Waals surface area contributed by atoms with E-state index in [1.54, 1.807) is 24.3 Å². The van der Waals surface area contributed by atoms with Gasteiger partial charge in [-0.25, -0.2) is 0 Å². The zero-order valence-corrected chi connectivity index (χ0v) is 18.4. The number of nitrogens with zero attached hydrogens (tertiary/aromatic N) is 1. The van der Waals surface area contributed by atoms with Crippen molar-refractivity contribution in [1.82, 2.24) is 4.90 Å². The van der Waals surface area contributed by atoms with Crippen LogP contribution in [0.25, 0.3) is 0 Å². The number of hydrogen-bond donors (Lipinski definition) is 0. The quantitative estimate of drug-likeness (QED) is 0.564. The van der Waals surface area contributed by atoms with Crippen molar-refractivity contribution < 1.29 is 23.8 Å². The molecular weight excluding hydrogens is 406 g/mol. The van der Waals surface area contributed by atoms with Crippen molar-refractivity contribution in [2.75, 3.05) is 7.11 Å². The Hall–Kier alpha value is -3.28. The molecule has 1 fully saturated rings. The second-order valence-electron chi connectivity index (χ2n) is 8.81. The van der Waals surface area contributed by atoms with E-state index in [9.17, 15) is 14.7 Å². The van der Waals surface area contributed by atoms with E-state index in [0.717, 1.165) is 16.9 Å².